The second-order valence-corrected chi connectivity index (χ2v) is 4.66. The maximum absolute atomic E-state index is 10.8. The third-order valence-electron chi connectivity index (χ3n) is 0.771. The molecule has 0 rings (SSSR count). The summed E-state index contributed by atoms with van der Waals surface area (Å²) in [5.74, 6) is 0. The van der Waals surface area contributed by atoms with Gasteiger partial charge in [0, 0.05) is 22.5 Å². The minimum absolute atomic E-state index is 0.672. The predicted molar refractivity (Wildman–Crippen MR) is 42.9 cm³/mol. The Bertz CT molecular complexity index is 171. The van der Waals surface area contributed by atoms with Crippen molar-refractivity contribution in [1.29, 1.82) is 0 Å². The summed E-state index contributed by atoms with van der Waals surface area (Å²) in [5.41, 5.74) is 0. The predicted octanol–water partition coefficient (Wildman–Crippen LogP) is -0.862. The van der Waals surface area contributed by atoms with Crippen molar-refractivity contribution in [2.75, 3.05) is 26.9 Å². The van der Waals surface area contributed by atoms with Gasteiger partial charge in [0.05, 0.1) is 0 Å². The van der Waals surface area contributed by atoms with Gasteiger partial charge in [0.1, 0.15) is 0 Å². The Labute approximate surface area is 57.0 Å². The van der Waals surface area contributed by atoms with Crippen LogP contribution in [0.3, 0.4) is 0 Å². The highest BCUT2D eigenvalue weighted by atomic mass is 32.2. The lowest BCUT2D eigenvalue weighted by Crippen LogP contribution is -2.21. The van der Waals surface area contributed by atoms with E-state index in [-0.39, 0.29) is 0 Å². The molecular formula is C5H14N2OS. The maximum atomic E-state index is 10.8. The van der Waals surface area contributed by atoms with Crippen LogP contribution in [0.1, 0.15) is 0 Å². The van der Waals surface area contributed by atoms with Gasteiger partial charge in [-0.3, -0.25) is 9.35 Å². The van der Waals surface area contributed by atoms with E-state index in [0.29, 0.717) is 6.54 Å². The molecule has 0 aliphatic heterocycles. The van der Waals surface area contributed by atoms with Gasteiger partial charge in [-0.05, 0) is 19.5 Å². The van der Waals surface area contributed by atoms with E-state index in [1.807, 2.05) is 19.0 Å². The number of hydrogen-bond donors (Lipinski definition) is 1. The van der Waals surface area contributed by atoms with Crippen LogP contribution in [-0.4, -0.2) is 41.4 Å². The van der Waals surface area contributed by atoms with Crippen molar-refractivity contribution in [2.45, 2.75) is 0 Å². The normalized spacial score (nSPS) is 17.4. The third-order valence-corrected chi connectivity index (χ3v) is 1.58. The maximum Gasteiger partial charge on any atom is 0.0247 e. The van der Waals surface area contributed by atoms with E-state index in [4.69, 9.17) is 5.14 Å². The topological polar surface area (TPSA) is 46.3 Å². The minimum atomic E-state index is -2.14. The van der Waals surface area contributed by atoms with Gasteiger partial charge in [-0.15, -0.1) is 0 Å². The van der Waals surface area contributed by atoms with Crippen LogP contribution in [0.2, 0.25) is 0 Å². The van der Waals surface area contributed by atoms with Gasteiger partial charge < -0.3 is 4.90 Å². The van der Waals surface area contributed by atoms with Crippen molar-refractivity contribution >= 4 is 15.1 Å². The summed E-state index contributed by atoms with van der Waals surface area (Å²) in [6.07, 6.45) is 1.52. The fraction of sp³-hybridized carbons (Fsp3) is 0.800. The highest BCUT2D eigenvalue weighted by Gasteiger charge is 1.88. The zero-order chi connectivity index (χ0) is 7.49. The van der Waals surface area contributed by atoms with E-state index < -0.39 is 9.71 Å². The first-order chi connectivity index (χ1) is 3.92. The summed E-state index contributed by atoms with van der Waals surface area (Å²) in [6, 6.07) is 0. The number of hydrogen-bond acceptors (Lipinski definition) is 2. The van der Waals surface area contributed by atoms with Crippen molar-refractivity contribution in [1.82, 2.24) is 4.90 Å². The van der Waals surface area contributed by atoms with Crippen molar-refractivity contribution in [2.24, 2.45) is 5.14 Å². The van der Waals surface area contributed by atoms with Gasteiger partial charge in [-0.25, -0.2) is 0 Å². The molecule has 0 radical (unpaired) electrons. The highest BCUT2D eigenvalue weighted by molar-refractivity contribution is 7.98. The zero-order valence-corrected chi connectivity index (χ0v) is 6.94. The molecule has 4 heteroatoms. The van der Waals surface area contributed by atoms with Crippen LogP contribution in [0.15, 0.2) is 0 Å². The van der Waals surface area contributed by atoms with E-state index >= 15 is 0 Å². The molecule has 0 aliphatic carbocycles. The van der Waals surface area contributed by atoms with E-state index in [1.165, 1.54) is 6.26 Å². The molecule has 9 heavy (non-hydrogen) atoms. The Hall–Kier alpha value is -0.0600. The summed E-state index contributed by atoms with van der Waals surface area (Å²) in [5, 5.41) is 6.85. The van der Waals surface area contributed by atoms with Gasteiger partial charge in [0.15, 0.2) is 0 Å². The number of rotatable bonds is 2. The largest absolute Gasteiger partial charge is 0.305 e. The molecule has 3 nitrogen and oxygen atoms in total. The monoisotopic (exact) mass is 150 g/mol. The van der Waals surface area contributed by atoms with E-state index in [9.17, 15) is 4.21 Å². The number of nitrogens with two attached hydrogens (primary N) is 1. The standard InChI is InChI=1S/C5H14N2OS/c1-7(2)4-5-9(3,6)8/h5H,4H2,1-3H3,(H2,6,8). The van der Waals surface area contributed by atoms with Gasteiger partial charge in [-0.2, -0.15) is 0 Å². The number of nitrogens with zero attached hydrogens (tertiary/aromatic N) is 1. The lowest BCUT2D eigenvalue weighted by atomic mass is 10.7. The van der Waals surface area contributed by atoms with Crippen LogP contribution in [0.25, 0.3) is 0 Å². The fourth-order valence-electron chi connectivity index (χ4n) is 0.297. The molecular weight excluding hydrogens is 136 g/mol. The fourth-order valence-corrected chi connectivity index (χ4v) is 0.891. The second-order valence-electron chi connectivity index (χ2n) is 2.40. The van der Waals surface area contributed by atoms with Crippen molar-refractivity contribution in [3.05, 3.63) is 0 Å². The van der Waals surface area contributed by atoms with Crippen LogP contribution in [0, 0.1) is 0 Å². The zero-order valence-electron chi connectivity index (χ0n) is 6.13. The molecule has 2 N–H and O–H groups in total. The van der Waals surface area contributed by atoms with Gasteiger partial charge in [0.25, 0.3) is 0 Å². The van der Waals surface area contributed by atoms with Crippen molar-refractivity contribution in [3.8, 4) is 0 Å². The SMILES string of the molecule is CN(C)CC=S(C)(N)=O. The van der Waals surface area contributed by atoms with Gasteiger partial charge >= 0.3 is 0 Å². The lowest BCUT2D eigenvalue weighted by Gasteiger charge is -2.04. The molecule has 0 aromatic heterocycles. The second kappa shape index (κ2) is 3.20. The van der Waals surface area contributed by atoms with Crippen LogP contribution in [0.4, 0.5) is 0 Å². The van der Waals surface area contributed by atoms with Crippen molar-refractivity contribution < 1.29 is 4.21 Å². The third kappa shape index (κ3) is 7.94. The molecule has 0 amide bonds. The molecule has 0 aromatic rings. The van der Waals surface area contributed by atoms with E-state index in [0.717, 1.165) is 0 Å². The molecule has 0 bridgehead atoms. The minimum Gasteiger partial charge on any atom is -0.305 e. The molecule has 0 heterocycles. The summed E-state index contributed by atoms with van der Waals surface area (Å²) >= 11 is 0. The Kier molecular flexibility index (Phi) is 3.17. The Morgan fingerprint density at radius 1 is 1.67 bits per heavy atom. The molecule has 1 atom stereocenters. The molecule has 0 saturated carbocycles. The molecule has 0 aromatic carbocycles. The van der Waals surface area contributed by atoms with E-state index in [1.54, 1.807) is 5.37 Å². The molecule has 0 spiro atoms. The van der Waals surface area contributed by atoms with Crippen LogP contribution >= 0.6 is 0 Å². The first kappa shape index (κ1) is 8.94. The first-order valence-corrected chi connectivity index (χ1v) is 4.76. The first-order valence-electron chi connectivity index (χ1n) is 2.67. The average Bonchev–Trinajstić information content (AvgIpc) is 1.59. The lowest BCUT2D eigenvalue weighted by molar-refractivity contribution is 0.475. The Balaban J connectivity index is 3.87. The molecule has 56 valence electrons. The summed E-state index contributed by atoms with van der Waals surface area (Å²) < 4.78 is 10.8. The highest BCUT2D eigenvalue weighted by Crippen LogP contribution is 1.71. The van der Waals surface area contributed by atoms with E-state index in [2.05, 4.69) is 0 Å². The van der Waals surface area contributed by atoms with Crippen LogP contribution in [-0.2, 0) is 9.71 Å². The molecule has 0 saturated heterocycles. The Morgan fingerprint density at radius 3 is 2.22 bits per heavy atom. The summed E-state index contributed by atoms with van der Waals surface area (Å²) in [6.45, 7) is 0.672. The molecule has 0 aliphatic rings. The van der Waals surface area contributed by atoms with Gasteiger partial charge in [-0.1, -0.05) is 0 Å². The smallest absolute Gasteiger partial charge is 0.0247 e. The van der Waals surface area contributed by atoms with Gasteiger partial charge in [0.2, 0.25) is 0 Å². The van der Waals surface area contributed by atoms with Crippen molar-refractivity contribution in [3.63, 3.8) is 0 Å². The summed E-state index contributed by atoms with van der Waals surface area (Å²) in [7, 11) is 1.67. The Morgan fingerprint density at radius 2 is 2.11 bits per heavy atom. The van der Waals surface area contributed by atoms with Crippen LogP contribution in [0.5, 0.6) is 0 Å². The quantitative estimate of drug-likeness (QED) is 0.521. The molecule has 0 fully saturated rings. The average molecular weight is 150 g/mol. The summed E-state index contributed by atoms with van der Waals surface area (Å²) in [4.78, 5) is 1.91. The molecule has 1 unspecified atom stereocenters. The van der Waals surface area contributed by atoms with Crippen LogP contribution < -0.4 is 5.14 Å².